The maximum absolute atomic E-state index is 12.7. The zero-order valence-electron chi connectivity index (χ0n) is 14.5. The quantitative estimate of drug-likeness (QED) is 0.716. The number of nitrogens with one attached hydrogen (secondary N) is 1. The van der Waals surface area contributed by atoms with Crippen molar-refractivity contribution in [3.8, 4) is 11.5 Å². The third kappa shape index (κ3) is 4.45. The van der Waals surface area contributed by atoms with Crippen LogP contribution in [0.1, 0.15) is 0 Å². The van der Waals surface area contributed by atoms with Crippen molar-refractivity contribution in [1.82, 2.24) is 0 Å². The minimum absolute atomic E-state index is 0.120. The number of anilines is 1. The number of hydrogen-bond acceptors (Lipinski definition) is 5. The Hall–Kier alpha value is -3.32. The molecule has 0 radical (unpaired) electrons. The van der Waals surface area contributed by atoms with Gasteiger partial charge in [0.2, 0.25) is 9.84 Å². The molecule has 0 saturated carbocycles. The average molecular weight is 383 g/mol. The molecule has 0 aliphatic heterocycles. The lowest BCUT2D eigenvalue weighted by Crippen LogP contribution is -2.16. The molecule has 6 nitrogen and oxygen atoms in total. The fraction of sp³-hybridized carbons (Fsp3) is 0.0500. The van der Waals surface area contributed by atoms with Gasteiger partial charge in [0.05, 0.1) is 16.9 Å². The highest BCUT2D eigenvalue weighted by atomic mass is 32.2. The summed E-state index contributed by atoms with van der Waals surface area (Å²) in [5.74, 6) is 0.985. The van der Waals surface area contributed by atoms with E-state index in [1.807, 2.05) is 6.07 Å². The Morgan fingerprint density at radius 1 is 0.778 bits per heavy atom. The van der Waals surface area contributed by atoms with Gasteiger partial charge in [-0.15, -0.1) is 0 Å². The zero-order valence-corrected chi connectivity index (χ0v) is 15.3. The van der Waals surface area contributed by atoms with Crippen LogP contribution in [0.3, 0.4) is 0 Å². The second-order valence-electron chi connectivity index (χ2n) is 5.53. The summed E-state index contributed by atoms with van der Waals surface area (Å²) in [5.41, 5.74) is 0.421. The van der Waals surface area contributed by atoms with Crippen molar-refractivity contribution in [2.24, 2.45) is 0 Å². The number of para-hydroxylation sites is 1. The Morgan fingerprint density at radius 3 is 1.89 bits per heavy atom. The van der Waals surface area contributed by atoms with Crippen molar-refractivity contribution in [2.45, 2.75) is 9.79 Å². The minimum atomic E-state index is -3.66. The predicted octanol–water partition coefficient (Wildman–Crippen LogP) is 4.14. The minimum Gasteiger partial charge on any atom is -0.497 e. The van der Waals surface area contributed by atoms with E-state index < -0.39 is 15.9 Å². The normalized spacial score (nSPS) is 10.9. The van der Waals surface area contributed by atoms with Crippen LogP contribution in [-0.4, -0.2) is 21.6 Å². The number of ether oxygens (including phenoxy) is 2. The van der Waals surface area contributed by atoms with E-state index in [0.717, 1.165) is 0 Å². The van der Waals surface area contributed by atoms with Gasteiger partial charge >= 0.3 is 6.09 Å². The standard InChI is InChI=1S/C20H17NO5S/c1-25-16-9-13-19(14-10-16)27(23,24)18-11-7-15(8-12-18)21-20(22)26-17-5-3-2-4-6-17/h2-14H,1H3,(H,21,22). The summed E-state index contributed by atoms with van der Waals surface area (Å²) in [7, 11) is -2.15. The Kier molecular flexibility index (Phi) is 5.42. The van der Waals surface area contributed by atoms with E-state index in [1.54, 1.807) is 36.4 Å². The lowest BCUT2D eigenvalue weighted by molar-refractivity contribution is 0.215. The van der Waals surface area contributed by atoms with Gasteiger partial charge in [0.25, 0.3) is 0 Å². The predicted molar refractivity (Wildman–Crippen MR) is 101 cm³/mol. The van der Waals surface area contributed by atoms with E-state index in [1.165, 1.54) is 43.5 Å². The number of sulfone groups is 1. The highest BCUT2D eigenvalue weighted by Gasteiger charge is 2.17. The maximum Gasteiger partial charge on any atom is 0.417 e. The Balaban J connectivity index is 1.71. The van der Waals surface area contributed by atoms with Gasteiger partial charge in [-0.25, -0.2) is 13.2 Å². The number of carbonyl (C=O) groups excluding carboxylic acids is 1. The lowest BCUT2D eigenvalue weighted by Gasteiger charge is -2.09. The van der Waals surface area contributed by atoms with Gasteiger partial charge in [-0.05, 0) is 60.7 Å². The van der Waals surface area contributed by atoms with Crippen molar-refractivity contribution < 1.29 is 22.7 Å². The third-order valence-corrected chi connectivity index (χ3v) is 5.52. The van der Waals surface area contributed by atoms with Crippen molar-refractivity contribution in [3.05, 3.63) is 78.9 Å². The molecule has 0 unspecified atom stereocenters. The third-order valence-electron chi connectivity index (χ3n) is 3.73. The summed E-state index contributed by atoms with van der Waals surface area (Å²) in [6.07, 6.45) is -0.660. The summed E-state index contributed by atoms with van der Waals surface area (Å²) in [5, 5.41) is 2.55. The Bertz CT molecular complexity index is 1010. The van der Waals surface area contributed by atoms with Crippen molar-refractivity contribution >= 4 is 21.6 Å². The SMILES string of the molecule is COc1ccc(S(=O)(=O)c2ccc(NC(=O)Oc3ccccc3)cc2)cc1. The number of hydrogen-bond donors (Lipinski definition) is 1. The molecule has 3 aromatic rings. The highest BCUT2D eigenvalue weighted by Crippen LogP contribution is 2.24. The topological polar surface area (TPSA) is 81.7 Å². The van der Waals surface area contributed by atoms with Crippen LogP contribution in [0.15, 0.2) is 88.7 Å². The molecule has 3 rings (SSSR count). The number of amides is 1. The van der Waals surface area contributed by atoms with Crippen LogP contribution < -0.4 is 14.8 Å². The van der Waals surface area contributed by atoms with Crippen molar-refractivity contribution in [2.75, 3.05) is 12.4 Å². The van der Waals surface area contributed by atoms with Gasteiger partial charge in [0, 0.05) is 5.69 Å². The molecule has 1 N–H and O–H groups in total. The largest absolute Gasteiger partial charge is 0.497 e. The number of carbonyl (C=O) groups is 1. The van der Waals surface area contributed by atoms with Crippen LogP contribution in [0, 0.1) is 0 Å². The molecule has 0 aromatic heterocycles. The molecule has 0 aliphatic carbocycles. The van der Waals surface area contributed by atoms with Gasteiger partial charge < -0.3 is 9.47 Å². The number of rotatable bonds is 5. The van der Waals surface area contributed by atoms with E-state index in [4.69, 9.17) is 9.47 Å². The van der Waals surface area contributed by atoms with E-state index in [2.05, 4.69) is 5.32 Å². The van der Waals surface area contributed by atoms with Crippen molar-refractivity contribution in [1.29, 1.82) is 0 Å². The van der Waals surface area contributed by atoms with Crippen LogP contribution in [0.2, 0.25) is 0 Å². The fourth-order valence-electron chi connectivity index (χ4n) is 2.35. The molecule has 0 bridgehead atoms. The van der Waals surface area contributed by atoms with Gasteiger partial charge in [-0.2, -0.15) is 0 Å². The highest BCUT2D eigenvalue weighted by molar-refractivity contribution is 7.91. The van der Waals surface area contributed by atoms with Gasteiger partial charge in [0.1, 0.15) is 11.5 Å². The molecule has 1 amide bonds. The van der Waals surface area contributed by atoms with Crippen LogP contribution in [-0.2, 0) is 9.84 Å². The molecule has 0 atom stereocenters. The first kappa shape index (κ1) is 18.5. The summed E-state index contributed by atoms with van der Waals surface area (Å²) < 4.78 is 35.5. The van der Waals surface area contributed by atoms with E-state index in [0.29, 0.717) is 17.2 Å². The molecule has 138 valence electrons. The smallest absolute Gasteiger partial charge is 0.417 e. The Morgan fingerprint density at radius 2 is 1.33 bits per heavy atom. The zero-order chi connectivity index (χ0) is 19.3. The molecule has 0 fully saturated rings. The molecular weight excluding hydrogens is 366 g/mol. The van der Waals surface area contributed by atoms with Crippen LogP contribution in [0.4, 0.5) is 10.5 Å². The van der Waals surface area contributed by atoms with Crippen LogP contribution >= 0.6 is 0 Å². The first-order chi connectivity index (χ1) is 13.0. The molecule has 0 saturated heterocycles. The maximum atomic E-state index is 12.7. The molecule has 0 heterocycles. The molecule has 27 heavy (non-hydrogen) atoms. The van der Waals surface area contributed by atoms with Crippen LogP contribution in [0.25, 0.3) is 0 Å². The van der Waals surface area contributed by atoms with E-state index in [-0.39, 0.29) is 9.79 Å². The number of methoxy groups -OCH3 is 1. The molecule has 0 aliphatic rings. The molecule has 3 aromatic carbocycles. The van der Waals surface area contributed by atoms with Crippen molar-refractivity contribution in [3.63, 3.8) is 0 Å². The first-order valence-electron chi connectivity index (χ1n) is 8.02. The lowest BCUT2D eigenvalue weighted by atomic mass is 10.3. The summed E-state index contributed by atoms with van der Waals surface area (Å²) in [6, 6.07) is 20.6. The average Bonchev–Trinajstić information content (AvgIpc) is 2.69. The fourth-order valence-corrected chi connectivity index (χ4v) is 3.61. The first-order valence-corrected chi connectivity index (χ1v) is 9.50. The second kappa shape index (κ2) is 7.92. The summed E-state index contributed by atoms with van der Waals surface area (Å²) in [6.45, 7) is 0. The molecular formula is C20H17NO5S. The van der Waals surface area contributed by atoms with Gasteiger partial charge in [-0.3, -0.25) is 5.32 Å². The summed E-state index contributed by atoms with van der Waals surface area (Å²) in [4.78, 5) is 12.2. The number of benzene rings is 3. The monoisotopic (exact) mass is 383 g/mol. The molecule has 0 spiro atoms. The van der Waals surface area contributed by atoms with Crippen LogP contribution in [0.5, 0.6) is 11.5 Å². The van der Waals surface area contributed by atoms with Gasteiger partial charge in [0.15, 0.2) is 0 Å². The molecule has 7 heteroatoms. The second-order valence-corrected chi connectivity index (χ2v) is 7.48. The summed E-state index contributed by atoms with van der Waals surface area (Å²) >= 11 is 0. The van der Waals surface area contributed by atoms with Gasteiger partial charge in [-0.1, -0.05) is 18.2 Å². The Labute approximate surface area is 157 Å². The van der Waals surface area contributed by atoms with E-state index in [9.17, 15) is 13.2 Å². The van der Waals surface area contributed by atoms with E-state index >= 15 is 0 Å².